The molecule has 1 amide bonds. The second-order valence-electron chi connectivity index (χ2n) is 8.20. The summed E-state index contributed by atoms with van der Waals surface area (Å²) in [5.41, 5.74) is 4.12. The van der Waals surface area contributed by atoms with Crippen molar-refractivity contribution >= 4 is 16.8 Å². The molecule has 5 rings (SSSR count). The molecule has 0 radical (unpaired) electrons. The fraction of sp³-hybridized carbons (Fsp3) is 0.222. The third kappa shape index (κ3) is 4.30. The highest BCUT2D eigenvalue weighted by Gasteiger charge is 2.25. The Hall–Kier alpha value is -3.97. The maximum absolute atomic E-state index is 13.4. The largest absolute Gasteiger partial charge is 0.497 e. The summed E-state index contributed by atoms with van der Waals surface area (Å²) < 4.78 is 17.0. The van der Waals surface area contributed by atoms with Gasteiger partial charge in [-0.25, -0.2) is 0 Å². The van der Waals surface area contributed by atoms with Gasteiger partial charge in [-0.1, -0.05) is 30.3 Å². The number of H-pyrrole nitrogens is 1. The minimum Gasteiger partial charge on any atom is -0.497 e. The van der Waals surface area contributed by atoms with Crippen molar-refractivity contribution in [3.63, 3.8) is 0 Å². The first kappa shape index (κ1) is 21.9. The third-order valence-electron chi connectivity index (χ3n) is 5.99. The topological polar surface area (TPSA) is 92.8 Å². The van der Waals surface area contributed by atoms with Gasteiger partial charge in [-0.2, -0.15) is 0 Å². The SMILES string of the molecule is COc1cccc(-c2cc3c(c(C(=O)N[C@@H](CO)Cc4c[nH]c5ccccc45)c2)OCCO3)c1. The van der Waals surface area contributed by atoms with Crippen molar-refractivity contribution in [2.75, 3.05) is 26.9 Å². The van der Waals surface area contributed by atoms with Crippen LogP contribution in [-0.4, -0.2) is 49.0 Å². The predicted octanol–water partition coefficient (Wildman–Crippen LogP) is 3.95. The van der Waals surface area contributed by atoms with Crippen molar-refractivity contribution in [2.45, 2.75) is 12.5 Å². The first-order chi connectivity index (χ1) is 16.7. The Morgan fingerprint density at radius 1 is 1.09 bits per heavy atom. The van der Waals surface area contributed by atoms with Gasteiger partial charge in [0.05, 0.1) is 25.3 Å². The minimum atomic E-state index is -0.465. The van der Waals surface area contributed by atoms with E-state index in [-0.39, 0.29) is 12.5 Å². The van der Waals surface area contributed by atoms with Crippen molar-refractivity contribution < 1.29 is 24.1 Å². The maximum atomic E-state index is 13.4. The quantitative estimate of drug-likeness (QED) is 0.390. The van der Waals surface area contributed by atoms with E-state index in [9.17, 15) is 9.90 Å². The number of aromatic amines is 1. The standard InChI is InChI=1S/C27H26N2O5/c1-32-21-6-4-5-17(12-21)18-13-23(26-25(14-18)33-9-10-34-26)27(31)29-20(16-30)11-19-15-28-24-8-3-2-7-22(19)24/h2-8,12-15,20,28,30H,9-11,16H2,1H3,(H,29,31)/t20-/m1/s1. The highest BCUT2D eigenvalue weighted by molar-refractivity contribution is 5.99. The number of ether oxygens (including phenoxy) is 3. The lowest BCUT2D eigenvalue weighted by Gasteiger charge is -2.23. The molecule has 0 saturated carbocycles. The van der Waals surface area contributed by atoms with E-state index >= 15 is 0 Å². The van der Waals surface area contributed by atoms with Gasteiger partial charge < -0.3 is 29.6 Å². The molecule has 34 heavy (non-hydrogen) atoms. The van der Waals surface area contributed by atoms with E-state index in [1.807, 2.05) is 60.8 Å². The zero-order valence-electron chi connectivity index (χ0n) is 18.8. The van der Waals surface area contributed by atoms with Gasteiger partial charge in [0.25, 0.3) is 5.91 Å². The van der Waals surface area contributed by atoms with Gasteiger partial charge in [-0.05, 0) is 53.4 Å². The summed E-state index contributed by atoms with van der Waals surface area (Å²) in [6.07, 6.45) is 2.41. The number of fused-ring (bicyclic) bond motifs is 2. The van der Waals surface area contributed by atoms with Crippen LogP contribution in [0.25, 0.3) is 22.0 Å². The molecule has 1 aromatic heterocycles. The van der Waals surface area contributed by atoms with E-state index in [2.05, 4.69) is 10.3 Å². The Kier molecular flexibility index (Phi) is 6.10. The number of carbonyl (C=O) groups is 1. The summed E-state index contributed by atoms with van der Waals surface area (Å²) >= 11 is 0. The van der Waals surface area contributed by atoms with Crippen molar-refractivity contribution in [1.82, 2.24) is 10.3 Å². The smallest absolute Gasteiger partial charge is 0.255 e. The average molecular weight is 459 g/mol. The number of aliphatic hydroxyl groups is 1. The number of hydrogen-bond acceptors (Lipinski definition) is 5. The molecule has 174 valence electrons. The van der Waals surface area contributed by atoms with Crippen LogP contribution in [0.3, 0.4) is 0 Å². The van der Waals surface area contributed by atoms with Crippen LogP contribution in [0.15, 0.2) is 66.9 Å². The number of aromatic nitrogens is 1. The van der Waals surface area contributed by atoms with Gasteiger partial charge in [-0.15, -0.1) is 0 Å². The van der Waals surface area contributed by atoms with Crippen LogP contribution < -0.4 is 19.5 Å². The molecule has 2 heterocycles. The van der Waals surface area contributed by atoms with Crippen LogP contribution in [0, 0.1) is 0 Å². The summed E-state index contributed by atoms with van der Waals surface area (Å²) in [6.45, 7) is 0.584. The molecular formula is C27H26N2O5. The molecular weight excluding hydrogens is 432 g/mol. The average Bonchev–Trinajstić information content (AvgIpc) is 3.30. The molecule has 1 aliphatic heterocycles. The first-order valence-electron chi connectivity index (χ1n) is 11.2. The second kappa shape index (κ2) is 9.49. The number of para-hydroxylation sites is 1. The lowest BCUT2D eigenvalue weighted by Crippen LogP contribution is -2.39. The van der Waals surface area contributed by atoms with Crippen LogP contribution >= 0.6 is 0 Å². The van der Waals surface area contributed by atoms with Crippen LogP contribution in [0.2, 0.25) is 0 Å². The number of hydrogen-bond donors (Lipinski definition) is 3. The van der Waals surface area contributed by atoms with Gasteiger partial charge in [0.2, 0.25) is 0 Å². The molecule has 7 nitrogen and oxygen atoms in total. The third-order valence-corrected chi connectivity index (χ3v) is 5.99. The Balaban J connectivity index is 1.44. The van der Waals surface area contributed by atoms with Crippen LogP contribution in [0.1, 0.15) is 15.9 Å². The van der Waals surface area contributed by atoms with E-state index in [0.29, 0.717) is 36.7 Å². The summed E-state index contributed by atoms with van der Waals surface area (Å²) in [5, 5.41) is 14.1. The van der Waals surface area contributed by atoms with Crippen LogP contribution in [0.4, 0.5) is 0 Å². The fourth-order valence-electron chi connectivity index (χ4n) is 4.28. The van der Waals surface area contributed by atoms with Crippen LogP contribution in [0.5, 0.6) is 17.2 Å². The van der Waals surface area contributed by atoms with E-state index in [1.54, 1.807) is 13.2 Å². The van der Waals surface area contributed by atoms with Crippen molar-refractivity contribution in [1.29, 1.82) is 0 Å². The summed E-state index contributed by atoms with van der Waals surface area (Å²) in [5.74, 6) is 1.33. The molecule has 3 aromatic carbocycles. The number of benzene rings is 3. The summed E-state index contributed by atoms with van der Waals surface area (Å²) in [4.78, 5) is 16.6. The molecule has 1 aliphatic rings. The molecule has 0 unspecified atom stereocenters. The molecule has 1 atom stereocenters. The van der Waals surface area contributed by atoms with Gasteiger partial charge in [0.15, 0.2) is 11.5 Å². The minimum absolute atomic E-state index is 0.194. The number of rotatable bonds is 7. The molecule has 4 aromatic rings. The van der Waals surface area contributed by atoms with Gasteiger partial charge in [0, 0.05) is 17.1 Å². The second-order valence-corrected chi connectivity index (χ2v) is 8.20. The normalized spacial score (nSPS) is 13.5. The Morgan fingerprint density at radius 3 is 2.79 bits per heavy atom. The molecule has 0 aliphatic carbocycles. The highest BCUT2D eigenvalue weighted by Crippen LogP contribution is 2.39. The Morgan fingerprint density at radius 2 is 1.94 bits per heavy atom. The fourth-order valence-corrected chi connectivity index (χ4v) is 4.28. The van der Waals surface area contributed by atoms with Crippen molar-refractivity contribution in [2.24, 2.45) is 0 Å². The maximum Gasteiger partial charge on any atom is 0.255 e. The monoisotopic (exact) mass is 458 g/mol. The molecule has 0 bridgehead atoms. The lowest BCUT2D eigenvalue weighted by atomic mass is 10.00. The van der Waals surface area contributed by atoms with E-state index in [0.717, 1.165) is 33.3 Å². The predicted molar refractivity (Wildman–Crippen MR) is 130 cm³/mol. The summed E-state index contributed by atoms with van der Waals surface area (Å²) in [7, 11) is 1.62. The zero-order valence-corrected chi connectivity index (χ0v) is 18.8. The molecule has 7 heteroatoms. The van der Waals surface area contributed by atoms with Crippen molar-refractivity contribution in [3.05, 3.63) is 78.0 Å². The number of aliphatic hydroxyl groups excluding tert-OH is 1. The summed E-state index contributed by atoms with van der Waals surface area (Å²) in [6, 6.07) is 18.8. The number of methoxy groups -OCH3 is 1. The van der Waals surface area contributed by atoms with E-state index in [4.69, 9.17) is 14.2 Å². The van der Waals surface area contributed by atoms with Crippen molar-refractivity contribution in [3.8, 4) is 28.4 Å². The molecule has 0 fully saturated rings. The highest BCUT2D eigenvalue weighted by atomic mass is 16.6. The zero-order chi connectivity index (χ0) is 23.5. The molecule has 0 spiro atoms. The van der Waals surface area contributed by atoms with Gasteiger partial charge in [-0.3, -0.25) is 4.79 Å². The van der Waals surface area contributed by atoms with E-state index in [1.165, 1.54) is 0 Å². The Labute approximate surface area is 197 Å². The molecule has 3 N–H and O–H groups in total. The number of amides is 1. The Bertz CT molecular complexity index is 1330. The van der Waals surface area contributed by atoms with Gasteiger partial charge in [0.1, 0.15) is 19.0 Å². The lowest BCUT2D eigenvalue weighted by molar-refractivity contribution is 0.0906. The van der Waals surface area contributed by atoms with E-state index < -0.39 is 6.04 Å². The van der Waals surface area contributed by atoms with Crippen LogP contribution in [-0.2, 0) is 6.42 Å². The number of nitrogens with one attached hydrogen (secondary N) is 2. The molecule has 0 saturated heterocycles. The number of carbonyl (C=O) groups excluding carboxylic acids is 1. The first-order valence-corrected chi connectivity index (χ1v) is 11.2. The van der Waals surface area contributed by atoms with Gasteiger partial charge >= 0.3 is 0 Å².